The first kappa shape index (κ1) is 15.2. The van der Waals surface area contributed by atoms with E-state index in [0.29, 0.717) is 6.04 Å². The van der Waals surface area contributed by atoms with Crippen LogP contribution in [0.15, 0.2) is 30.3 Å². The molecule has 0 heterocycles. The average molecular weight is 250 g/mol. The highest BCUT2D eigenvalue weighted by atomic mass is 16.5. The molecule has 0 bridgehead atoms. The highest BCUT2D eigenvalue weighted by molar-refractivity contribution is 5.14. The molecular weight excluding hydrogens is 224 g/mol. The van der Waals surface area contributed by atoms with E-state index in [9.17, 15) is 0 Å². The van der Waals surface area contributed by atoms with Gasteiger partial charge in [-0.05, 0) is 32.4 Å². The largest absolute Gasteiger partial charge is 0.380 e. The fraction of sp³-hybridized carbons (Fsp3) is 0.600. The van der Waals surface area contributed by atoms with Gasteiger partial charge in [0.05, 0.1) is 6.10 Å². The molecule has 2 atom stereocenters. The molecule has 102 valence electrons. The summed E-state index contributed by atoms with van der Waals surface area (Å²) in [5, 5.41) is 0. The smallest absolute Gasteiger partial charge is 0.0695 e. The molecule has 2 unspecified atom stereocenters. The van der Waals surface area contributed by atoms with Crippen LogP contribution < -0.4 is 5.73 Å². The lowest BCUT2D eigenvalue weighted by Crippen LogP contribution is -2.41. The standard InChI is InChI=1S/C15H26N2O/c1-13(14(2)18-3)17(11-7-10-16)12-15-8-5-4-6-9-15/h4-6,8-9,13-14H,7,10-12,16H2,1-3H3. The third-order valence-electron chi connectivity index (χ3n) is 3.51. The second-order valence-corrected chi connectivity index (χ2v) is 4.78. The first-order valence-electron chi connectivity index (χ1n) is 6.70. The number of methoxy groups -OCH3 is 1. The van der Waals surface area contributed by atoms with Gasteiger partial charge in [0.15, 0.2) is 0 Å². The van der Waals surface area contributed by atoms with Gasteiger partial charge in [-0.15, -0.1) is 0 Å². The third kappa shape index (κ3) is 4.77. The molecule has 0 aliphatic heterocycles. The Kier molecular flexibility index (Phi) is 6.94. The Bertz CT molecular complexity index is 316. The zero-order chi connectivity index (χ0) is 13.4. The third-order valence-corrected chi connectivity index (χ3v) is 3.51. The van der Waals surface area contributed by atoms with Gasteiger partial charge in [0, 0.05) is 26.2 Å². The first-order valence-corrected chi connectivity index (χ1v) is 6.70. The molecule has 3 heteroatoms. The first-order chi connectivity index (χ1) is 8.69. The van der Waals surface area contributed by atoms with Crippen molar-refractivity contribution in [3.63, 3.8) is 0 Å². The maximum Gasteiger partial charge on any atom is 0.0695 e. The summed E-state index contributed by atoms with van der Waals surface area (Å²) in [6.45, 7) is 7.04. The molecule has 18 heavy (non-hydrogen) atoms. The van der Waals surface area contributed by atoms with Gasteiger partial charge in [-0.2, -0.15) is 0 Å². The van der Waals surface area contributed by atoms with Crippen molar-refractivity contribution in [2.75, 3.05) is 20.2 Å². The van der Waals surface area contributed by atoms with Crippen molar-refractivity contribution in [2.45, 2.75) is 39.0 Å². The number of benzene rings is 1. The lowest BCUT2D eigenvalue weighted by molar-refractivity contribution is 0.0295. The summed E-state index contributed by atoms with van der Waals surface area (Å²) in [5.74, 6) is 0. The van der Waals surface area contributed by atoms with Crippen molar-refractivity contribution >= 4 is 0 Å². The van der Waals surface area contributed by atoms with E-state index < -0.39 is 0 Å². The number of nitrogens with two attached hydrogens (primary N) is 1. The van der Waals surface area contributed by atoms with E-state index in [0.717, 1.165) is 26.1 Å². The molecular formula is C15H26N2O. The van der Waals surface area contributed by atoms with Crippen molar-refractivity contribution in [3.05, 3.63) is 35.9 Å². The van der Waals surface area contributed by atoms with Crippen LogP contribution in [0.2, 0.25) is 0 Å². The second kappa shape index (κ2) is 8.25. The van der Waals surface area contributed by atoms with Crippen molar-refractivity contribution in [2.24, 2.45) is 5.73 Å². The zero-order valence-corrected chi connectivity index (χ0v) is 11.8. The molecule has 2 N–H and O–H groups in total. The monoisotopic (exact) mass is 250 g/mol. The van der Waals surface area contributed by atoms with Crippen molar-refractivity contribution < 1.29 is 4.74 Å². The quantitative estimate of drug-likeness (QED) is 0.769. The Labute approximate surface area is 111 Å². The van der Waals surface area contributed by atoms with Gasteiger partial charge >= 0.3 is 0 Å². The Morgan fingerprint density at radius 2 is 1.89 bits per heavy atom. The molecule has 0 saturated heterocycles. The van der Waals surface area contributed by atoms with Crippen LogP contribution in [-0.2, 0) is 11.3 Å². The Morgan fingerprint density at radius 3 is 2.44 bits per heavy atom. The van der Waals surface area contributed by atoms with Crippen LogP contribution in [0.1, 0.15) is 25.8 Å². The van der Waals surface area contributed by atoms with E-state index in [1.165, 1.54) is 5.56 Å². The van der Waals surface area contributed by atoms with Crippen LogP contribution in [0.25, 0.3) is 0 Å². The topological polar surface area (TPSA) is 38.5 Å². The summed E-state index contributed by atoms with van der Waals surface area (Å²) >= 11 is 0. The van der Waals surface area contributed by atoms with Crippen LogP contribution in [-0.4, -0.2) is 37.2 Å². The van der Waals surface area contributed by atoms with Gasteiger partial charge in [-0.25, -0.2) is 0 Å². The Hall–Kier alpha value is -0.900. The SMILES string of the molecule is COC(C)C(C)N(CCCN)Cc1ccccc1. The van der Waals surface area contributed by atoms with Gasteiger partial charge < -0.3 is 10.5 Å². The molecule has 0 saturated carbocycles. The maximum absolute atomic E-state index is 5.62. The fourth-order valence-electron chi connectivity index (χ4n) is 2.03. The van der Waals surface area contributed by atoms with E-state index in [1.54, 1.807) is 7.11 Å². The second-order valence-electron chi connectivity index (χ2n) is 4.78. The van der Waals surface area contributed by atoms with Crippen LogP contribution in [0.4, 0.5) is 0 Å². The van der Waals surface area contributed by atoms with Gasteiger partial charge in [0.1, 0.15) is 0 Å². The molecule has 0 fully saturated rings. The van der Waals surface area contributed by atoms with Crippen molar-refractivity contribution in [1.29, 1.82) is 0 Å². The molecule has 0 aliphatic carbocycles. The highest BCUT2D eigenvalue weighted by Gasteiger charge is 2.19. The minimum atomic E-state index is 0.228. The molecule has 1 aromatic carbocycles. The summed E-state index contributed by atoms with van der Waals surface area (Å²) in [7, 11) is 1.77. The number of rotatable bonds is 8. The number of hydrogen-bond donors (Lipinski definition) is 1. The molecule has 0 spiro atoms. The lowest BCUT2D eigenvalue weighted by atomic mass is 10.1. The van der Waals surface area contributed by atoms with Gasteiger partial charge in [-0.1, -0.05) is 30.3 Å². The Morgan fingerprint density at radius 1 is 1.22 bits per heavy atom. The van der Waals surface area contributed by atoms with E-state index in [4.69, 9.17) is 10.5 Å². The average Bonchev–Trinajstić information content (AvgIpc) is 2.42. The van der Waals surface area contributed by atoms with E-state index in [2.05, 4.69) is 49.1 Å². The normalized spacial score (nSPS) is 14.7. The highest BCUT2D eigenvalue weighted by Crippen LogP contribution is 2.12. The van der Waals surface area contributed by atoms with Crippen LogP contribution in [0.5, 0.6) is 0 Å². The van der Waals surface area contributed by atoms with Crippen molar-refractivity contribution in [3.8, 4) is 0 Å². The Balaban J connectivity index is 2.65. The van der Waals surface area contributed by atoms with Crippen LogP contribution in [0.3, 0.4) is 0 Å². The van der Waals surface area contributed by atoms with Gasteiger partial charge in [0.25, 0.3) is 0 Å². The molecule has 3 nitrogen and oxygen atoms in total. The zero-order valence-electron chi connectivity index (χ0n) is 11.8. The number of nitrogens with zero attached hydrogens (tertiary/aromatic N) is 1. The van der Waals surface area contributed by atoms with E-state index >= 15 is 0 Å². The predicted molar refractivity (Wildman–Crippen MR) is 76.5 cm³/mol. The maximum atomic E-state index is 5.62. The summed E-state index contributed by atoms with van der Waals surface area (Å²) in [4.78, 5) is 2.44. The molecule has 0 amide bonds. The minimum Gasteiger partial charge on any atom is -0.380 e. The fourth-order valence-corrected chi connectivity index (χ4v) is 2.03. The van der Waals surface area contributed by atoms with Gasteiger partial charge in [0.2, 0.25) is 0 Å². The molecule has 0 aliphatic rings. The van der Waals surface area contributed by atoms with Crippen molar-refractivity contribution in [1.82, 2.24) is 4.90 Å². The number of hydrogen-bond acceptors (Lipinski definition) is 3. The summed E-state index contributed by atoms with van der Waals surface area (Å²) in [6.07, 6.45) is 1.25. The number of ether oxygens (including phenoxy) is 1. The predicted octanol–water partition coefficient (Wildman–Crippen LogP) is 2.26. The summed E-state index contributed by atoms with van der Waals surface area (Å²) in [6, 6.07) is 10.9. The minimum absolute atomic E-state index is 0.228. The van der Waals surface area contributed by atoms with E-state index in [1.807, 2.05) is 0 Å². The van der Waals surface area contributed by atoms with Crippen LogP contribution >= 0.6 is 0 Å². The summed E-state index contributed by atoms with van der Waals surface area (Å²) < 4.78 is 5.44. The summed E-state index contributed by atoms with van der Waals surface area (Å²) in [5.41, 5.74) is 6.96. The molecule has 0 radical (unpaired) electrons. The molecule has 1 rings (SSSR count). The molecule has 0 aromatic heterocycles. The van der Waals surface area contributed by atoms with E-state index in [-0.39, 0.29) is 6.10 Å². The molecule has 1 aromatic rings. The van der Waals surface area contributed by atoms with Crippen LogP contribution in [0, 0.1) is 0 Å². The van der Waals surface area contributed by atoms with Gasteiger partial charge in [-0.3, -0.25) is 4.90 Å². The lowest BCUT2D eigenvalue weighted by Gasteiger charge is -2.32.